The smallest absolute Gasteiger partial charge is 0.410 e. The normalized spacial score (nSPS) is 14.7. The lowest BCUT2D eigenvalue weighted by molar-refractivity contribution is 0.0353. The second-order valence-corrected chi connectivity index (χ2v) is 7.98. The number of benzene rings is 2. The average molecular weight is 375 g/mol. The van der Waals surface area contributed by atoms with Gasteiger partial charge in [-0.05, 0) is 24.6 Å². The van der Waals surface area contributed by atoms with Crippen molar-refractivity contribution in [2.45, 2.75) is 18.4 Å². The molecular weight excluding hydrogens is 354 g/mol. The summed E-state index contributed by atoms with van der Waals surface area (Å²) < 4.78 is 34.6. The Bertz CT molecular complexity index is 843. The molecule has 3 rings (SSSR count). The van der Waals surface area contributed by atoms with Crippen LogP contribution in [-0.2, 0) is 25.6 Å². The maximum Gasteiger partial charge on any atom is 0.410 e. The molecule has 1 saturated heterocycles. The molecule has 138 valence electrons. The lowest BCUT2D eigenvalue weighted by atomic mass is 10.0. The van der Waals surface area contributed by atoms with Crippen molar-refractivity contribution < 1.29 is 22.1 Å². The van der Waals surface area contributed by atoms with Crippen LogP contribution >= 0.6 is 0 Å². The first kappa shape index (κ1) is 18.4. The maximum absolute atomic E-state index is 12.1. The number of aryl methyl sites for hydroxylation is 1. The topological polar surface area (TPSA) is 72.9 Å². The second kappa shape index (κ2) is 7.88. The van der Waals surface area contributed by atoms with Gasteiger partial charge in [0.2, 0.25) is 0 Å². The van der Waals surface area contributed by atoms with Gasteiger partial charge in [0, 0.05) is 19.0 Å². The predicted molar refractivity (Wildman–Crippen MR) is 96.0 cm³/mol. The van der Waals surface area contributed by atoms with Gasteiger partial charge in [-0.15, -0.1) is 0 Å². The third kappa shape index (κ3) is 4.62. The Morgan fingerprint density at radius 1 is 1.08 bits per heavy atom. The van der Waals surface area contributed by atoms with E-state index in [1.807, 2.05) is 37.3 Å². The number of carbonyl (C=O) groups excluding carboxylic acids is 1. The molecule has 1 heterocycles. The quantitative estimate of drug-likeness (QED) is 0.726. The van der Waals surface area contributed by atoms with Gasteiger partial charge in [-0.3, -0.25) is 4.18 Å². The number of hydrogen-bond donors (Lipinski definition) is 0. The molecule has 2 aromatic carbocycles. The number of likely N-dealkylation sites (tertiary alicyclic amines) is 1. The highest BCUT2D eigenvalue weighted by molar-refractivity contribution is 7.86. The highest BCUT2D eigenvalue weighted by Gasteiger charge is 2.33. The Hall–Kier alpha value is -2.38. The number of amides is 1. The summed E-state index contributed by atoms with van der Waals surface area (Å²) in [6, 6.07) is 15.9. The molecule has 0 saturated carbocycles. The van der Waals surface area contributed by atoms with Crippen LogP contribution in [0.15, 0.2) is 59.5 Å². The van der Waals surface area contributed by atoms with E-state index in [1.54, 1.807) is 12.1 Å². The molecule has 7 heteroatoms. The summed E-state index contributed by atoms with van der Waals surface area (Å²) in [4.78, 5) is 13.6. The maximum atomic E-state index is 12.1. The Balaban J connectivity index is 1.41. The van der Waals surface area contributed by atoms with Crippen LogP contribution in [-0.4, -0.2) is 39.1 Å². The van der Waals surface area contributed by atoms with Crippen LogP contribution in [0.1, 0.15) is 11.1 Å². The first-order valence-corrected chi connectivity index (χ1v) is 9.76. The summed E-state index contributed by atoms with van der Waals surface area (Å²) in [6.07, 6.45) is -0.397. The first-order valence-electron chi connectivity index (χ1n) is 8.36. The van der Waals surface area contributed by atoms with E-state index in [-0.39, 0.29) is 24.0 Å². The molecule has 1 aliphatic rings. The van der Waals surface area contributed by atoms with Gasteiger partial charge < -0.3 is 9.64 Å². The number of ether oxygens (including phenoxy) is 1. The zero-order valence-corrected chi connectivity index (χ0v) is 15.3. The van der Waals surface area contributed by atoms with Crippen molar-refractivity contribution >= 4 is 16.2 Å². The highest BCUT2D eigenvalue weighted by atomic mass is 32.2. The van der Waals surface area contributed by atoms with Gasteiger partial charge in [-0.25, -0.2) is 4.79 Å². The monoisotopic (exact) mass is 375 g/mol. The van der Waals surface area contributed by atoms with Crippen molar-refractivity contribution in [3.05, 3.63) is 65.7 Å². The van der Waals surface area contributed by atoms with E-state index in [0.717, 1.165) is 11.1 Å². The lowest BCUT2D eigenvalue weighted by Gasteiger charge is -2.37. The molecule has 0 spiro atoms. The SMILES string of the molecule is Cc1ccc(S(=O)(=O)OCC2CN(C(=O)OCc3ccccc3)C2)cc1. The van der Waals surface area contributed by atoms with E-state index in [1.165, 1.54) is 17.0 Å². The summed E-state index contributed by atoms with van der Waals surface area (Å²) in [6.45, 7) is 3.02. The molecule has 1 amide bonds. The van der Waals surface area contributed by atoms with Crippen LogP contribution < -0.4 is 0 Å². The van der Waals surface area contributed by atoms with Crippen molar-refractivity contribution in [2.75, 3.05) is 19.7 Å². The van der Waals surface area contributed by atoms with Crippen LogP contribution in [0, 0.1) is 12.8 Å². The van der Waals surface area contributed by atoms with Gasteiger partial charge in [-0.1, -0.05) is 48.0 Å². The fourth-order valence-corrected chi connectivity index (χ4v) is 3.57. The van der Waals surface area contributed by atoms with Gasteiger partial charge in [0.15, 0.2) is 0 Å². The number of nitrogens with zero attached hydrogens (tertiary/aromatic N) is 1. The third-order valence-corrected chi connectivity index (χ3v) is 5.48. The van der Waals surface area contributed by atoms with E-state index < -0.39 is 16.2 Å². The van der Waals surface area contributed by atoms with Crippen molar-refractivity contribution in [1.29, 1.82) is 0 Å². The molecule has 26 heavy (non-hydrogen) atoms. The van der Waals surface area contributed by atoms with Gasteiger partial charge in [0.05, 0.1) is 11.5 Å². The van der Waals surface area contributed by atoms with Crippen molar-refractivity contribution in [2.24, 2.45) is 5.92 Å². The summed E-state index contributed by atoms with van der Waals surface area (Å²) >= 11 is 0. The summed E-state index contributed by atoms with van der Waals surface area (Å²) in [5, 5.41) is 0. The molecule has 6 nitrogen and oxygen atoms in total. The molecular formula is C19H21NO5S. The minimum atomic E-state index is -3.77. The van der Waals surface area contributed by atoms with Crippen LogP contribution in [0.3, 0.4) is 0 Å². The molecule has 0 atom stereocenters. The number of carbonyl (C=O) groups is 1. The Labute approximate surface area is 153 Å². The van der Waals surface area contributed by atoms with E-state index in [4.69, 9.17) is 8.92 Å². The standard InChI is InChI=1S/C19H21NO5S/c1-15-7-9-18(10-8-15)26(22,23)25-14-17-11-20(12-17)19(21)24-13-16-5-3-2-4-6-16/h2-10,17H,11-14H2,1H3. The fraction of sp³-hybridized carbons (Fsp3) is 0.316. The molecule has 0 bridgehead atoms. The number of rotatable bonds is 6. The molecule has 0 unspecified atom stereocenters. The van der Waals surface area contributed by atoms with Gasteiger partial charge in [0.25, 0.3) is 10.1 Å². The van der Waals surface area contributed by atoms with Gasteiger partial charge >= 0.3 is 6.09 Å². The first-order chi connectivity index (χ1) is 12.4. The van der Waals surface area contributed by atoms with Gasteiger partial charge in [-0.2, -0.15) is 8.42 Å². The van der Waals surface area contributed by atoms with Crippen molar-refractivity contribution in [3.63, 3.8) is 0 Å². The van der Waals surface area contributed by atoms with E-state index in [2.05, 4.69) is 0 Å². The van der Waals surface area contributed by atoms with Crippen molar-refractivity contribution in [3.8, 4) is 0 Å². The zero-order chi connectivity index (χ0) is 18.6. The molecule has 0 radical (unpaired) electrons. The Morgan fingerprint density at radius 3 is 2.38 bits per heavy atom. The third-order valence-electron chi connectivity index (χ3n) is 4.19. The van der Waals surface area contributed by atoms with E-state index in [0.29, 0.717) is 13.1 Å². The average Bonchev–Trinajstić information content (AvgIpc) is 2.60. The van der Waals surface area contributed by atoms with E-state index >= 15 is 0 Å². The van der Waals surface area contributed by atoms with Crippen LogP contribution in [0.4, 0.5) is 4.79 Å². The van der Waals surface area contributed by atoms with E-state index in [9.17, 15) is 13.2 Å². The summed E-state index contributed by atoms with van der Waals surface area (Å²) in [7, 11) is -3.77. The van der Waals surface area contributed by atoms with Crippen LogP contribution in [0.25, 0.3) is 0 Å². The lowest BCUT2D eigenvalue weighted by Crippen LogP contribution is -2.51. The van der Waals surface area contributed by atoms with Gasteiger partial charge in [0.1, 0.15) is 6.61 Å². The molecule has 1 aliphatic heterocycles. The summed E-state index contributed by atoms with van der Waals surface area (Å²) in [5.74, 6) is -0.0144. The molecule has 0 aliphatic carbocycles. The fourth-order valence-electron chi connectivity index (χ4n) is 2.59. The van der Waals surface area contributed by atoms with Crippen molar-refractivity contribution in [1.82, 2.24) is 4.90 Å². The Kier molecular flexibility index (Phi) is 5.58. The molecule has 1 fully saturated rings. The largest absolute Gasteiger partial charge is 0.445 e. The summed E-state index contributed by atoms with van der Waals surface area (Å²) in [5.41, 5.74) is 1.90. The minimum absolute atomic E-state index is 0.0144. The molecule has 0 aromatic heterocycles. The molecule has 2 aromatic rings. The zero-order valence-electron chi connectivity index (χ0n) is 14.5. The highest BCUT2D eigenvalue weighted by Crippen LogP contribution is 2.20. The molecule has 0 N–H and O–H groups in total. The minimum Gasteiger partial charge on any atom is -0.445 e. The van der Waals surface area contributed by atoms with Crippen LogP contribution in [0.2, 0.25) is 0 Å². The second-order valence-electron chi connectivity index (χ2n) is 6.36. The Morgan fingerprint density at radius 2 is 1.73 bits per heavy atom. The van der Waals surface area contributed by atoms with Crippen LogP contribution in [0.5, 0.6) is 0 Å². The number of hydrogen-bond acceptors (Lipinski definition) is 5. The predicted octanol–water partition coefficient (Wildman–Crippen LogP) is 2.97.